The van der Waals surface area contributed by atoms with E-state index in [2.05, 4.69) is 9.47 Å². The monoisotopic (exact) mass is 428 g/mol. The van der Waals surface area contributed by atoms with Gasteiger partial charge in [-0.15, -0.1) is 0 Å². The van der Waals surface area contributed by atoms with Crippen molar-refractivity contribution in [3.8, 4) is 11.5 Å². The highest BCUT2D eigenvalue weighted by Crippen LogP contribution is 2.42. The van der Waals surface area contributed by atoms with E-state index in [0.717, 1.165) is 6.07 Å². The van der Waals surface area contributed by atoms with Crippen LogP contribution < -0.4 is 9.47 Å². The van der Waals surface area contributed by atoms with Crippen LogP contribution in [0, 0.1) is 17.7 Å². The van der Waals surface area contributed by atoms with Crippen molar-refractivity contribution in [1.29, 1.82) is 0 Å². The van der Waals surface area contributed by atoms with Gasteiger partial charge in [0.15, 0.2) is 11.6 Å². The van der Waals surface area contributed by atoms with Gasteiger partial charge in [-0.1, -0.05) is 23.8 Å². The lowest BCUT2D eigenvalue weighted by Crippen LogP contribution is -2.37. The molecule has 1 fully saturated rings. The zero-order chi connectivity index (χ0) is 20.9. The molecule has 0 heterocycles. The molecule has 0 aliphatic heterocycles. The summed E-state index contributed by atoms with van der Waals surface area (Å²) >= 11 is 5.74. The van der Waals surface area contributed by atoms with Crippen LogP contribution in [0.15, 0.2) is 36.6 Å². The number of ether oxygens (including phenoxy) is 2. The average Bonchev–Trinajstić information content (AvgIpc) is 2.57. The predicted octanol–water partition coefficient (Wildman–Crippen LogP) is 7.29. The van der Waals surface area contributed by atoms with E-state index in [9.17, 15) is 26.3 Å². The van der Waals surface area contributed by atoms with Crippen LogP contribution in [-0.4, -0.2) is 12.3 Å². The Labute approximate surface area is 163 Å². The Hall–Kier alpha value is -1.83. The van der Waals surface area contributed by atoms with E-state index in [4.69, 9.17) is 11.6 Å². The number of rotatable bonds is 6. The lowest BCUT2D eigenvalue weighted by atomic mass is 9.81. The summed E-state index contributed by atoms with van der Waals surface area (Å²) < 4.78 is 88.3. The molecule has 156 valence electrons. The fourth-order valence-corrected chi connectivity index (χ4v) is 3.29. The van der Waals surface area contributed by atoms with Crippen LogP contribution in [0.4, 0.5) is 26.3 Å². The molecule has 0 spiro atoms. The van der Waals surface area contributed by atoms with Gasteiger partial charge in [-0.05, 0) is 38.5 Å². The summed E-state index contributed by atoms with van der Waals surface area (Å²) in [6, 6.07) is 1.47. The highest BCUT2D eigenvalue weighted by atomic mass is 35.5. The lowest BCUT2D eigenvalue weighted by molar-refractivity contribution is -0.223. The standard InChI is InChI=1S/C19H19ClF6O2/c1-2-3-12-4-6-13(7-5-12)19(25,26)28-14-10-15(20)17(16(21)11-14)27-9-8-18(22,23)24/h2-3,8-13H,4-7H2,1H3/b3-2+,9-8+. The third-order valence-electron chi connectivity index (χ3n) is 4.38. The number of benzene rings is 1. The van der Waals surface area contributed by atoms with Crippen molar-refractivity contribution in [2.45, 2.75) is 44.9 Å². The van der Waals surface area contributed by atoms with Gasteiger partial charge in [0.1, 0.15) is 5.75 Å². The molecule has 1 aliphatic rings. The van der Waals surface area contributed by atoms with Crippen LogP contribution in [0.1, 0.15) is 32.6 Å². The van der Waals surface area contributed by atoms with Gasteiger partial charge >= 0.3 is 12.3 Å². The zero-order valence-corrected chi connectivity index (χ0v) is 15.7. The zero-order valence-electron chi connectivity index (χ0n) is 14.9. The summed E-state index contributed by atoms with van der Waals surface area (Å²) in [6.07, 6.45) is -2.66. The number of alkyl halides is 5. The van der Waals surface area contributed by atoms with Gasteiger partial charge < -0.3 is 9.47 Å². The van der Waals surface area contributed by atoms with Crippen molar-refractivity contribution in [2.75, 3.05) is 0 Å². The van der Waals surface area contributed by atoms with Crippen molar-refractivity contribution < 1.29 is 35.8 Å². The second kappa shape index (κ2) is 9.11. The van der Waals surface area contributed by atoms with Gasteiger partial charge in [0.05, 0.1) is 23.3 Å². The van der Waals surface area contributed by atoms with Crippen molar-refractivity contribution in [2.24, 2.45) is 11.8 Å². The molecule has 2 nitrogen and oxygen atoms in total. The average molecular weight is 429 g/mol. The van der Waals surface area contributed by atoms with Gasteiger partial charge in [-0.2, -0.15) is 22.0 Å². The second-order valence-electron chi connectivity index (χ2n) is 6.48. The smallest absolute Gasteiger partial charge is 0.412 e. The Kier molecular flexibility index (Phi) is 7.31. The maximum atomic E-state index is 14.4. The second-order valence-corrected chi connectivity index (χ2v) is 6.89. The molecule has 0 aromatic heterocycles. The van der Waals surface area contributed by atoms with Crippen LogP contribution in [0.5, 0.6) is 11.5 Å². The number of halogens is 7. The lowest BCUT2D eigenvalue weighted by Gasteiger charge is -2.32. The Balaban J connectivity index is 2.06. The van der Waals surface area contributed by atoms with E-state index >= 15 is 0 Å². The highest BCUT2D eigenvalue weighted by Gasteiger charge is 2.44. The van der Waals surface area contributed by atoms with Crippen LogP contribution in [0.2, 0.25) is 5.02 Å². The van der Waals surface area contributed by atoms with E-state index in [1.165, 1.54) is 0 Å². The first-order chi connectivity index (χ1) is 13.0. The van der Waals surface area contributed by atoms with Crippen LogP contribution in [0.3, 0.4) is 0 Å². The van der Waals surface area contributed by atoms with E-state index in [0.29, 0.717) is 18.9 Å². The van der Waals surface area contributed by atoms with Crippen molar-refractivity contribution in [3.63, 3.8) is 0 Å². The third kappa shape index (κ3) is 6.36. The molecule has 9 heteroatoms. The summed E-state index contributed by atoms with van der Waals surface area (Å²) in [7, 11) is 0. The molecule has 1 aliphatic carbocycles. The van der Waals surface area contributed by atoms with Crippen LogP contribution in [0.25, 0.3) is 0 Å². The van der Waals surface area contributed by atoms with Gasteiger partial charge in [0.25, 0.3) is 0 Å². The Morgan fingerprint density at radius 1 is 1.07 bits per heavy atom. The summed E-state index contributed by atoms with van der Waals surface area (Å²) in [6.45, 7) is 1.87. The molecular formula is C19H19ClF6O2. The Bertz CT molecular complexity index is 699. The van der Waals surface area contributed by atoms with Gasteiger partial charge in [-0.25, -0.2) is 4.39 Å². The highest BCUT2D eigenvalue weighted by molar-refractivity contribution is 6.32. The molecule has 0 radical (unpaired) electrons. The number of hydrogen-bond acceptors (Lipinski definition) is 2. The molecule has 1 aromatic carbocycles. The van der Waals surface area contributed by atoms with E-state index in [1.54, 1.807) is 0 Å². The quantitative estimate of drug-likeness (QED) is 0.269. The fraction of sp³-hybridized carbons (Fsp3) is 0.474. The van der Waals surface area contributed by atoms with Gasteiger partial charge in [-0.3, -0.25) is 0 Å². The predicted molar refractivity (Wildman–Crippen MR) is 93.1 cm³/mol. The van der Waals surface area contributed by atoms with Crippen LogP contribution >= 0.6 is 11.6 Å². The van der Waals surface area contributed by atoms with Crippen molar-refractivity contribution in [3.05, 3.63) is 47.5 Å². The topological polar surface area (TPSA) is 18.5 Å². The molecule has 2 rings (SSSR count). The molecule has 0 atom stereocenters. The number of allylic oxidation sites excluding steroid dienone is 3. The van der Waals surface area contributed by atoms with E-state index in [-0.39, 0.29) is 31.1 Å². The fourth-order valence-electron chi connectivity index (χ4n) is 3.05. The summed E-state index contributed by atoms with van der Waals surface area (Å²) in [4.78, 5) is 0. The molecule has 28 heavy (non-hydrogen) atoms. The summed E-state index contributed by atoms with van der Waals surface area (Å²) in [5.41, 5.74) is 0. The summed E-state index contributed by atoms with van der Waals surface area (Å²) in [5.74, 6) is -3.24. The Morgan fingerprint density at radius 3 is 2.25 bits per heavy atom. The first-order valence-electron chi connectivity index (χ1n) is 8.61. The molecule has 1 saturated carbocycles. The van der Waals surface area contributed by atoms with Crippen LogP contribution in [-0.2, 0) is 0 Å². The van der Waals surface area contributed by atoms with Crippen molar-refractivity contribution in [1.82, 2.24) is 0 Å². The van der Waals surface area contributed by atoms with Crippen molar-refractivity contribution >= 4 is 11.6 Å². The van der Waals surface area contributed by atoms with Gasteiger partial charge in [0, 0.05) is 12.1 Å². The molecule has 0 unspecified atom stereocenters. The van der Waals surface area contributed by atoms with E-state index < -0.39 is 40.5 Å². The molecule has 0 N–H and O–H groups in total. The maximum absolute atomic E-state index is 14.4. The summed E-state index contributed by atoms with van der Waals surface area (Å²) in [5, 5.41) is -0.491. The van der Waals surface area contributed by atoms with Gasteiger partial charge in [0.2, 0.25) is 0 Å². The molecule has 0 saturated heterocycles. The largest absolute Gasteiger partial charge is 0.460 e. The first-order valence-corrected chi connectivity index (χ1v) is 8.99. The minimum Gasteiger partial charge on any atom is -0.460 e. The maximum Gasteiger partial charge on any atom is 0.412 e. The number of hydrogen-bond donors (Lipinski definition) is 0. The van der Waals surface area contributed by atoms with E-state index in [1.807, 2.05) is 19.1 Å². The first kappa shape index (κ1) is 22.5. The Morgan fingerprint density at radius 2 is 1.71 bits per heavy atom. The molecule has 1 aromatic rings. The molecule has 0 bridgehead atoms. The normalized spacial score (nSPS) is 21.4. The SMILES string of the molecule is C/C=C/C1CCC(C(F)(F)Oc2cc(F)c(O/C=C/C(F)(F)F)c(Cl)c2)CC1. The molecule has 0 amide bonds. The molecular weight excluding hydrogens is 410 g/mol. The minimum absolute atomic E-state index is 0.211. The minimum atomic E-state index is -4.65. The third-order valence-corrected chi connectivity index (χ3v) is 4.66.